The van der Waals surface area contributed by atoms with Gasteiger partial charge >= 0.3 is 6.01 Å². The number of aromatic nitrogens is 3. The van der Waals surface area contributed by atoms with Gasteiger partial charge in [0.05, 0.1) is 18.6 Å². The average Bonchev–Trinajstić information content (AvgIpc) is 3.31. The number of hydrogen-bond acceptors (Lipinski definition) is 6. The minimum Gasteiger partial charge on any atom is -0.497 e. The van der Waals surface area contributed by atoms with Crippen molar-refractivity contribution < 1.29 is 14.3 Å². The van der Waals surface area contributed by atoms with Crippen molar-refractivity contribution in [2.75, 3.05) is 13.7 Å². The first kappa shape index (κ1) is 17.2. The summed E-state index contributed by atoms with van der Waals surface area (Å²) in [5.41, 5.74) is 0.503. The zero-order valence-electron chi connectivity index (χ0n) is 14.1. The minimum absolute atomic E-state index is 0.221. The molecular formula is C18H19N3O3S. The van der Waals surface area contributed by atoms with E-state index in [2.05, 4.69) is 17.0 Å². The van der Waals surface area contributed by atoms with Crippen molar-refractivity contribution in [2.45, 2.75) is 19.8 Å². The van der Waals surface area contributed by atoms with E-state index < -0.39 is 0 Å². The molecule has 25 heavy (non-hydrogen) atoms. The Balaban J connectivity index is 1.93. The maximum absolute atomic E-state index is 12.9. The van der Waals surface area contributed by atoms with Gasteiger partial charge in [-0.1, -0.05) is 19.4 Å². The first-order valence-electron chi connectivity index (χ1n) is 8.05. The summed E-state index contributed by atoms with van der Waals surface area (Å²) in [5, 5.41) is 6.20. The molecule has 0 amide bonds. The Labute approximate surface area is 150 Å². The van der Waals surface area contributed by atoms with Crippen molar-refractivity contribution in [3.63, 3.8) is 0 Å². The lowest BCUT2D eigenvalue weighted by Crippen LogP contribution is -2.15. The van der Waals surface area contributed by atoms with Gasteiger partial charge in [0.2, 0.25) is 0 Å². The third-order valence-electron chi connectivity index (χ3n) is 3.59. The first-order chi connectivity index (χ1) is 12.2. The summed E-state index contributed by atoms with van der Waals surface area (Å²) >= 11 is 1.50. The molecule has 2 aromatic heterocycles. The maximum Gasteiger partial charge on any atom is 0.336 e. The van der Waals surface area contributed by atoms with Crippen LogP contribution in [-0.2, 0) is 0 Å². The van der Waals surface area contributed by atoms with Crippen molar-refractivity contribution in [3.8, 4) is 22.5 Å². The lowest BCUT2D eigenvalue weighted by atomic mass is 10.2. The Hall–Kier alpha value is -2.67. The Morgan fingerprint density at radius 3 is 2.68 bits per heavy atom. The maximum atomic E-state index is 12.9. The molecule has 3 rings (SSSR count). The molecule has 3 aromatic rings. The molecule has 1 aromatic carbocycles. The van der Waals surface area contributed by atoms with Crippen LogP contribution in [0.5, 0.6) is 11.8 Å². The molecule has 0 aliphatic carbocycles. The molecule has 0 aliphatic heterocycles. The van der Waals surface area contributed by atoms with Crippen LogP contribution < -0.4 is 9.47 Å². The van der Waals surface area contributed by atoms with Crippen LogP contribution in [0.3, 0.4) is 0 Å². The highest BCUT2D eigenvalue weighted by molar-refractivity contribution is 7.13. The van der Waals surface area contributed by atoms with Gasteiger partial charge in [-0.15, -0.1) is 16.4 Å². The second-order valence-electron chi connectivity index (χ2n) is 5.34. The van der Waals surface area contributed by atoms with Crippen molar-refractivity contribution in [3.05, 3.63) is 47.3 Å². The minimum atomic E-state index is -0.260. The van der Waals surface area contributed by atoms with E-state index in [1.807, 2.05) is 17.5 Å². The lowest BCUT2D eigenvalue weighted by Gasteiger charge is -2.04. The van der Waals surface area contributed by atoms with E-state index in [-0.39, 0.29) is 11.9 Å². The van der Waals surface area contributed by atoms with Gasteiger partial charge in [0.15, 0.2) is 5.82 Å². The van der Waals surface area contributed by atoms with Crippen molar-refractivity contribution in [1.29, 1.82) is 0 Å². The molecule has 0 spiro atoms. The normalized spacial score (nSPS) is 10.6. The van der Waals surface area contributed by atoms with Gasteiger partial charge in [-0.25, -0.2) is 0 Å². The molecule has 0 saturated heterocycles. The third-order valence-corrected chi connectivity index (χ3v) is 4.45. The quantitative estimate of drug-likeness (QED) is 0.600. The second kappa shape index (κ2) is 7.94. The number of carbonyl (C=O) groups is 1. The summed E-state index contributed by atoms with van der Waals surface area (Å²) in [4.78, 5) is 18.1. The lowest BCUT2D eigenvalue weighted by molar-refractivity contribution is 0.0944. The van der Waals surface area contributed by atoms with Gasteiger partial charge in [-0.05, 0) is 42.1 Å². The molecule has 0 unspecified atom stereocenters. The molecule has 7 heteroatoms. The third kappa shape index (κ3) is 3.88. The van der Waals surface area contributed by atoms with Gasteiger partial charge in [-0.2, -0.15) is 9.67 Å². The summed E-state index contributed by atoms with van der Waals surface area (Å²) in [7, 11) is 1.59. The fourth-order valence-corrected chi connectivity index (χ4v) is 2.92. The number of unbranched alkanes of at least 4 members (excludes halogenated alkanes) is 1. The molecule has 0 bridgehead atoms. The standard InChI is InChI=1S/C18H19N3O3S/c1-3-4-11-24-18-19-16(15-6-5-12-25-15)21(20-18)17(22)13-7-9-14(23-2)10-8-13/h5-10,12H,3-4,11H2,1-2H3. The molecular weight excluding hydrogens is 338 g/mol. The van der Waals surface area contributed by atoms with Crippen LogP contribution in [-0.4, -0.2) is 34.4 Å². The Kier molecular flexibility index (Phi) is 5.45. The van der Waals surface area contributed by atoms with E-state index in [0.29, 0.717) is 23.7 Å². The largest absolute Gasteiger partial charge is 0.497 e. The summed E-state index contributed by atoms with van der Waals surface area (Å²) in [5.74, 6) is 0.920. The van der Waals surface area contributed by atoms with Gasteiger partial charge < -0.3 is 9.47 Å². The van der Waals surface area contributed by atoms with Gasteiger partial charge in [-0.3, -0.25) is 4.79 Å². The highest BCUT2D eigenvalue weighted by Crippen LogP contribution is 2.26. The molecule has 6 nitrogen and oxygen atoms in total. The SMILES string of the molecule is CCCCOc1nc(-c2cccs2)n(C(=O)c2ccc(OC)cc2)n1. The smallest absolute Gasteiger partial charge is 0.336 e. The van der Waals surface area contributed by atoms with E-state index in [9.17, 15) is 4.79 Å². The number of thiophene rings is 1. The molecule has 0 atom stereocenters. The van der Waals surface area contributed by atoms with Crippen molar-refractivity contribution in [2.24, 2.45) is 0 Å². The number of nitrogens with zero attached hydrogens (tertiary/aromatic N) is 3. The molecule has 0 fully saturated rings. The Morgan fingerprint density at radius 1 is 1.24 bits per heavy atom. The molecule has 130 valence electrons. The fourth-order valence-electron chi connectivity index (χ4n) is 2.22. The van der Waals surface area contributed by atoms with E-state index >= 15 is 0 Å². The van der Waals surface area contributed by atoms with Gasteiger partial charge in [0.1, 0.15) is 5.75 Å². The van der Waals surface area contributed by atoms with E-state index in [0.717, 1.165) is 17.7 Å². The zero-order chi connectivity index (χ0) is 17.6. The van der Waals surface area contributed by atoms with Crippen LogP contribution in [0.1, 0.15) is 30.1 Å². The summed E-state index contributed by atoms with van der Waals surface area (Å²) < 4.78 is 12.0. The highest BCUT2D eigenvalue weighted by atomic mass is 32.1. The van der Waals surface area contributed by atoms with E-state index in [1.54, 1.807) is 31.4 Å². The fraction of sp³-hybridized carbons (Fsp3) is 0.278. The summed E-state index contributed by atoms with van der Waals surface area (Å²) in [6.45, 7) is 2.61. The van der Waals surface area contributed by atoms with Crippen molar-refractivity contribution in [1.82, 2.24) is 14.8 Å². The predicted octanol–water partition coefficient (Wildman–Crippen LogP) is 3.88. The highest BCUT2D eigenvalue weighted by Gasteiger charge is 2.20. The molecule has 2 heterocycles. The van der Waals surface area contributed by atoms with Crippen LogP contribution in [0.4, 0.5) is 0 Å². The van der Waals surface area contributed by atoms with Crippen LogP contribution in [0, 0.1) is 0 Å². The van der Waals surface area contributed by atoms with Crippen LogP contribution in [0.2, 0.25) is 0 Å². The first-order valence-corrected chi connectivity index (χ1v) is 8.93. The van der Waals surface area contributed by atoms with Crippen LogP contribution in [0.15, 0.2) is 41.8 Å². The van der Waals surface area contributed by atoms with Gasteiger partial charge in [0, 0.05) is 5.56 Å². The Morgan fingerprint density at radius 2 is 2.04 bits per heavy atom. The predicted molar refractivity (Wildman–Crippen MR) is 96.5 cm³/mol. The average molecular weight is 357 g/mol. The zero-order valence-corrected chi connectivity index (χ0v) is 15.0. The molecule has 0 saturated carbocycles. The number of hydrogen-bond donors (Lipinski definition) is 0. The van der Waals surface area contributed by atoms with E-state index in [4.69, 9.17) is 9.47 Å². The molecule has 0 N–H and O–H groups in total. The number of rotatable bonds is 7. The summed E-state index contributed by atoms with van der Waals surface area (Å²) in [6.07, 6.45) is 1.93. The number of benzene rings is 1. The van der Waals surface area contributed by atoms with Crippen LogP contribution >= 0.6 is 11.3 Å². The van der Waals surface area contributed by atoms with Crippen LogP contribution in [0.25, 0.3) is 10.7 Å². The number of carbonyl (C=O) groups excluding carboxylic acids is 1. The topological polar surface area (TPSA) is 66.2 Å². The number of ether oxygens (including phenoxy) is 2. The van der Waals surface area contributed by atoms with Gasteiger partial charge in [0.25, 0.3) is 5.91 Å². The van der Waals surface area contributed by atoms with Crippen molar-refractivity contribution >= 4 is 17.2 Å². The Bertz CT molecular complexity index is 826. The number of methoxy groups -OCH3 is 1. The molecule has 0 radical (unpaired) electrons. The summed E-state index contributed by atoms with van der Waals surface area (Å²) in [6, 6.07) is 10.9. The van der Waals surface area contributed by atoms with E-state index in [1.165, 1.54) is 16.0 Å². The monoisotopic (exact) mass is 357 g/mol. The second-order valence-corrected chi connectivity index (χ2v) is 6.29. The molecule has 0 aliphatic rings.